The molecule has 6 heterocycles. The van der Waals surface area contributed by atoms with Gasteiger partial charge in [0.15, 0.2) is 11.5 Å². The van der Waals surface area contributed by atoms with Crippen LogP contribution in [-0.2, 0) is 40.5 Å². The predicted molar refractivity (Wildman–Crippen MR) is 207 cm³/mol. The van der Waals surface area contributed by atoms with Crippen LogP contribution in [0.3, 0.4) is 0 Å². The van der Waals surface area contributed by atoms with E-state index in [0.29, 0.717) is 0 Å². The van der Waals surface area contributed by atoms with Crippen LogP contribution in [0, 0.1) is 0 Å². The number of fused-ring (bicyclic) bond motifs is 8. The zero-order valence-electron chi connectivity index (χ0n) is 28.1. The van der Waals surface area contributed by atoms with Gasteiger partial charge in [-0.1, -0.05) is 0 Å². The maximum Gasteiger partial charge on any atom is 0.339 e. The predicted octanol–water partition coefficient (Wildman–Crippen LogP) is 4.33. The SMILES string of the molecule is O=c1c2cc3c4c5c(cc6c7c(cc8c(c9c(cc(c2c49)c2[nH]c4ccc(S(=O)(=O)O)cc4n12)S(=O)(=O)O8)c57)c(=O)n1c2cc(S(=O)(=O)O)ccc2[nH]c61)S(=O)(=O)O3. The van der Waals surface area contributed by atoms with Crippen molar-refractivity contribution in [1.29, 1.82) is 0 Å². The topological polar surface area (TPSA) is 270 Å². The third kappa shape index (κ3) is 3.52. The molecule has 0 bridgehead atoms. The first kappa shape index (κ1) is 32.5. The molecular weight excluding hydrogens is 841 g/mol. The highest BCUT2D eigenvalue weighted by Crippen LogP contribution is 2.57. The van der Waals surface area contributed by atoms with Gasteiger partial charge in [0.1, 0.15) is 21.1 Å². The molecule has 4 N–H and O–H groups in total. The molecule has 0 radical (unpaired) electrons. The van der Waals surface area contributed by atoms with Crippen LogP contribution < -0.4 is 19.5 Å². The number of pyridine rings is 2. The standard InChI is InChI=1S/C36H14N4O14S4/c41-35-15-7-21-27-30-24(58(51,52)53-21)10-14-26-16(36(42)40-20-6-12(56(46,47)48)2-4-18(20)38-34(14)40)8-22-28(32(26)30)29-23(57(49,50)54-22)9-13(25(15)31(27)29)33-37-17-3-1-11(55(43,44)45)5-19(17)39(33)35/h1-10,37-38H,(H,43,44,45)(H,46,47,48). The lowest BCUT2D eigenvalue weighted by Crippen LogP contribution is -2.21. The number of hydrogen-bond acceptors (Lipinski definition) is 12. The van der Waals surface area contributed by atoms with E-state index >= 15 is 0 Å². The molecule has 0 unspecified atom stereocenters. The molecule has 4 aromatic heterocycles. The minimum Gasteiger partial charge on any atom is -0.378 e. The molecule has 0 atom stereocenters. The van der Waals surface area contributed by atoms with Crippen molar-refractivity contribution in [2.75, 3.05) is 0 Å². The average Bonchev–Trinajstić information content (AvgIpc) is 3.73. The molecule has 18 nitrogen and oxygen atoms in total. The number of aromatic nitrogens is 4. The second kappa shape index (κ2) is 9.25. The Morgan fingerprint density at radius 2 is 0.897 bits per heavy atom. The fourth-order valence-corrected chi connectivity index (χ4v) is 12.6. The molecule has 0 aliphatic carbocycles. The third-order valence-corrected chi connectivity index (χ3v) is 15.7. The van der Waals surface area contributed by atoms with Gasteiger partial charge in [-0.25, -0.2) is 0 Å². The number of benzene rings is 7. The lowest BCUT2D eigenvalue weighted by Gasteiger charge is -2.28. The number of nitrogens with one attached hydrogen (secondary N) is 2. The molecule has 2 aliphatic heterocycles. The first-order valence-corrected chi connectivity index (χ1v) is 22.5. The fraction of sp³-hybridized carbons (Fsp3) is 0. The summed E-state index contributed by atoms with van der Waals surface area (Å²) in [4.78, 5) is 33.5. The highest BCUT2D eigenvalue weighted by molar-refractivity contribution is 7.88. The monoisotopic (exact) mass is 854 g/mol. The lowest BCUT2D eigenvalue weighted by molar-refractivity contribution is 0.481. The second-order valence-corrected chi connectivity index (χ2v) is 20.2. The molecule has 0 amide bonds. The molecule has 2 aliphatic rings. The minimum atomic E-state index is -4.75. The summed E-state index contributed by atoms with van der Waals surface area (Å²) >= 11 is 0. The van der Waals surface area contributed by atoms with Crippen molar-refractivity contribution in [3.05, 3.63) is 81.4 Å². The maximum atomic E-state index is 14.6. The van der Waals surface area contributed by atoms with Gasteiger partial charge in [-0.3, -0.25) is 27.5 Å². The van der Waals surface area contributed by atoms with Crippen LogP contribution in [0.5, 0.6) is 11.5 Å². The van der Waals surface area contributed by atoms with E-state index in [4.69, 9.17) is 8.37 Å². The Labute approximate surface area is 319 Å². The van der Waals surface area contributed by atoms with E-state index in [1.54, 1.807) is 0 Å². The van der Waals surface area contributed by atoms with E-state index in [-0.39, 0.29) is 119 Å². The van der Waals surface area contributed by atoms with Gasteiger partial charge in [-0.2, -0.15) is 33.7 Å². The summed E-state index contributed by atoms with van der Waals surface area (Å²) in [6, 6.07) is 12.0. The summed E-state index contributed by atoms with van der Waals surface area (Å²) in [5.41, 5.74) is -0.914. The lowest BCUT2D eigenvalue weighted by atomic mass is 9.85. The Balaban J connectivity index is 1.33. The summed E-state index contributed by atoms with van der Waals surface area (Å²) < 4.78 is 139. The van der Waals surface area contributed by atoms with Gasteiger partial charge in [0.25, 0.3) is 31.4 Å². The van der Waals surface area contributed by atoms with Crippen LogP contribution in [0.2, 0.25) is 0 Å². The van der Waals surface area contributed by atoms with E-state index in [2.05, 4.69) is 9.97 Å². The third-order valence-electron chi connectivity index (χ3n) is 11.4. The number of hydrogen-bond donors (Lipinski definition) is 4. The van der Waals surface area contributed by atoms with Crippen LogP contribution in [0.4, 0.5) is 0 Å². The molecule has 0 fully saturated rings. The summed E-state index contributed by atoms with van der Waals surface area (Å²) in [6.45, 7) is 0. The zero-order chi connectivity index (χ0) is 40.1. The smallest absolute Gasteiger partial charge is 0.339 e. The van der Waals surface area contributed by atoms with Gasteiger partial charge >= 0.3 is 20.2 Å². The molecular formula is C36H14N4O14S4. The largest absolute Gasteiger partial charge is 0.378 e. The van der Waals surface area contributed by atoms with Gasteiger partial charge < -0.3 is 18.3 Å². The summed E-state index contributed by atoms with van der Waals surface area (Å²) in [5, 5.41) is 1.23. The zero-order valence-corrected chi connectivity index (χ0v) is 31.4. The molecule has 58 heavy (non-hydrogen) atoms. The summed E-state index contributed by atoms with van der Waals surface area (Å²) in [5.74, 6) is -0.634. The molecule has 7 aromatic carbocycles. The van der Waals surface area contributed by atoms with Gasteiger partial charge in [-0.05, 0) is 60.7 Å². The van der Waals surface area contributed by atoms with Crippen molar-refractivity contribution in [1.82, 2.24) is 18.8 Å². The average molecular weight is 855 g/mol. The van der Waals surface area contributed by atoms with Crippen LogP contribution in [0.1, 0.15) is 0 Å². The van der Waals surface area contributed by atoms with E-state index in [9.17, 15) is 52.4 Å². The molecule has 286 valence electrons. The number of aromatic amines is 2. The van der Waals surface area contributed by atoms with E-state index in [1.807, 2.05) is 0 Å². The van der Waals surface area contributed by atoms with E-state index < -0.39 is 61.4 Å². The fourth-order valence-electron chi connectivity index (χ4n) is 9.30. The maximum absolute atomic E-state index is 14.6. The van der Waals surface area contributed by atoms with Gasteiger partial charge in [0.2, 0.25) is 0 Å². The molecule has 0 spiro atoms. The van der Waals surface area contributed by atoms with Crippen molar-refractivity contribution in [2.45, 2.75) is 19.6 Å². The summed E-state index contributed by atoms with van der Waals surface area (Å²) in [6.07, 6.45) is 0. The number of rotatable bonds is 2. The first-order chi connectivity index (χ1) is 27.3. The Morgan fingerprint density at radius 3 is 1.28 bits per heavy atom. The van der Waals surface area contributed by atoms with E-state index in [1.165, 1.54) is 36.4 Å². The first-order valence-electron chi connectivity index (χ1n) is 16.8. The van der Waals surface area contributed by atoms with E-state index in [0.717, 1.165) is 33.1 Å². The Hall–Kier alpha value is -6.56. The van der Waals surface area contributed by atoms with Crippen LogP contribution in [0.15, 0.2) is 89.8 Å². The van der Waals surface area contributed by atoms with Crippen LogP contribution in [-0.4, -0.2) is 61.5 Å². The molecule has 11 aromatic rings. The van der Waals surface area contributed by atoms with Crippen molar-refractivity contribution < 1.29 is 51.1 Å². The molecule has 0 saturated heterocycles. The van der Waals surface area contributed by atoms with Crippen LogP contribution in [0.25, 0.3) is 98.0 Å². The molecule has 22 heteroatoms. The number of nitrogens with zero attached hydrogens (tertiary/aromatic N) is 2. The Morgan fingerprint density at radius 1 is 0.500 bits per heavy atom. The van der Waals surface area contributed by atoms with Gasteiger partial charge in [0, 0.05) is 53.9 Å². The quantitative estimate of drug-likeness (QED) is 0.0816. The van der Waals surface area contributed by atoms with Gasteiger partial charge in [-0.15, -0.1) is 0 Å². The molecule has 0 saturated carbocycles. The second-order valence-electron chi connectivity index (χ2n) is 14.3. The number of H-pyrrole nitrogens is 2. The van der Waals surface area contributed by atoms with Crippen molar-refractivity contribution in [3.63, 3.8) is 0 Å². The minimum absolute atomic E-state index is 0.00593. The summed E-state index contributed by atoms with van der Waals surface area (Å²) in [7, 11) is -19.0. The number of imidazole rings is 2. The Bertz CT molecular complexity index is 4270. The van der Waals surface area contributed by atoms with Crippen molar-refractivity contribution in [3.8, 4) is 11.5 Å². The Kier molecular flexibility index (Phi) is 5.19. The normalized spacial score (nSPS) is 16.3. The van der Waals surface area contributed by atoms with Gasteiger partial charge in [0.05, 0.1) is 42.6 Å². The van der Waals surface area contributed by atoms with Crippen molar-refractivity contribution >= 4 is 138 Å². The highest BCUT2D eigenvalue weighted by Gasteiger charge is 2.40. The van der Waals surface area contributed by atoms with Crippen molar-refractivity contribution in [2.24, 2.45) is 0 Å². The highest BCUT2D eigenvalue weighted by atomic mass is 32.2. The molecule has 13 rings (SSSR count). The van der Waals surface area contributed by atoms with Crippen LogP contribution >= 0.6 is 0 Å².